The summed E-state index contributed by atoms with van der Waals surface area (Å²) in [6.07, 6.45) is 0. The van der Waals surface area contributed by atoms with E-state index in [-0.39, 0.29) is 39.2 Å². The van der Waals surface area contributed by atoms with Crippen LogP contribution in [-0.2, 0) is 32.5 Å². The van der Waals surface area contributed by atoms with Crippen molar-refractivity contribution in [2.45, 2.75) is 157 Å². The largest absolute Gasteiger partial charge is 0.311 e. The molecular formula is C86H87BN4. The van der Waals surface area contributed by atoms with Crippen molar-refractivity contribution in [3.63, 3.8) is 0 Å². The third kappa shape index (κ3) is 10.6. The summed E-state index contributed by atoms with van der Waals surface area (Å²) in [6.45, 7) is 41.6. The van der Waals surface area contributed by atoms with Gasteiger partial charge in [0.25, 0.3) is 6.71 Å². The number of hydrogen-bond donors (Lipinski definition) is 0. The molecule has 2 aliphatic heterocycles. The van der Waals surface area contributed by atoms with Gasteiger partial charge < -0.3 is 9.80 Å². The molecule has 0 saturated carbocycles. The van der Waals surface area contributed by atoms with Gasteiger partial charge in [0.15, 0.2) is 5.82 Å². The van der Waals surface area contributed by atoms with Gasteiger partial charge in [-0.05, 0) is 206 Å². The van der Waals surface area contributed by atoms with Crippen LogP contribution in [0.1, 0.15) is 158 Å². The monoisotopic (exact) mass is 1190 g/mol. The number of anilines is 6. The lowest BCUT2D eigenvalue weighted by atomic mass is 9.33. The lowest BCUT2D eigenvalue weighted by molar-refractivity contribution is 0.568. The molecule has 11 aromatic carbocycles. The molecule has 0 atom stereocenters. The summed E-state index contributed by atoms with van der Waals surface area (Å²) >= 11 is 0. The van der Waals surface area contributed by atoms with Crippen molar-refractivity contribution < 1.29 is 0 Å². The zero-order chi connectivity index (χ0) is 64.2. The van der Waals surface area contributed by atoms with Gasteiger partial charge in [-0.2, -0.15) is 0 Å². The first-order chi connectivity index (χ1) is 42.8. The molecule has 454 valence electrons. The molecule has 14 rings (SSSR count). The zero-order valence-corrected chi connectivity index (χ0v) is 56.9. The van der Waals surface area contributed by atoms with Gasteiger partial charge in [0.2, 0.25) is 0 Å². The van der Waals surface area contributed by atoms with Crippen molar-refractivity contribution in [3.05, 3.63) is 234 Å². The summed E-state index contributed by atoms with van der Waals surface area (Å²) in [4.78, 5) is 17.1. The maximum Gasteiger partial charge on any atom is 0.252 e. The number of hydrogen-bond acceptors (Lipinski definition) is 4. The van der Waals surface area contributed by atoms with Crippen molar-refractivity contribution in [3.8, 4) is 33.9 Å². The van der Waals surface area contributed by atoms with Crippen LogP contribution in [0.4, 0.5) is 34.1 Å². The smallest absolute Gasteiger partial charge is 0.252 e. The molecule has 0 bridgehead atoms. The van der Waals surface area contributed by atoms with Crippen LogP contribution in [0, 0.1) is 0 Å². The van der Waals surface area contributed by atoms with E-state index in [1.165, 1.54) is 104 Å². The predicted octanol–water partition coefficient (Wildman–Crippen LogP) is 22.0. The topological polar surface area (TPSA) is 32.3 Å². The van der Waals surface area contributed by atoms with Crippen LogP contribution in [0.3, 0.4) is 0 Å². The average Bonchev–Trinajstić information content (AvgIpc) is 0.687. The molecule has 0 amide bonds. The Morgan fingerprint density at radius 2 is 0.615 bits per heavy atom. The van der Waals surface area contributed by atoms with Gasteiger partial charge in [0, 0.05) is 61.6 Å². The van der Waals surface area contributed by atoms with E-state index in [2.05, 4.69) is 335 Å². The second-order valence-electron chi connectivity index (χ2n) is 32.5. The molecule has 0 aliphatic carbocycles. The minimum Gasteiger partial charge on any atom is -0.311 e. The SMILES string of the molecule is CC(C)(C)c1ccc(N2c3cc(-c4nc(-c5cc(C(C)(C)C)cc(C(C)(C)C)c5)cc(-c5cc(C(C)(C)C)cc(C(C)(C)C)c5)n4)cc4c3B(c3ccc5cc6ccccc6cc5c32)c2ccc3cc5ccccc5cc3c2N4c2ccc(C(C)(C)C)cc2)cc1. The third-order valence-corrected chi connectivity index (χ3v) is 19.6. The molecule has 1 aromatic heterocycles. The van der Waals surface area contributed by atoms with E-state index >= 15 is 0 Å². The van der Waals surface area contributed by atoms with Crippen molar-refractivity contribution in [1.29, 1.82) is 0 Å². The highest BCUT2D eigenvalue weighted by molar-refractivity contribution is 7.00. The van der Waals surface area contributed by atoms with Crippen LogP contribution in [0.5, 0.6) is 0 Å². The van der Waals surface area contributed by atoms with Crippen LogP contribution >= 0.6 is 0 Å². The quantitative estimate of drug-likeness (QED) is 0.127. The van der Waals surface area contributed by atoms with Crippen molar-refractivity contribution in [2.75, 3.05) is 9.80 Å². The normalized spacial score (nSPS) is 13.8. The molecule has 12 aromatic rings. The molecule has 91 heavy (non-hydrogen) atoms. The number of rotatable bonds is 5. The Kier molecular flexibility index (Phi) is 13.7. The molecule has 2 aliphatic rings. The molecule has 0 spiro atoms. The second-order valence-corrected chi connectivity index (χ2v) is 32.5. The van der Waals surface area contributed by atoms with Crippen LogP contribution in [0.25, 0.3) is 77.0 Å². The summed E-state index contributed by atoms with van der Waals surface area (Å²) < 4.78 is 0. The molecule has 3 heterocycles. The van der Waals surface area contributed by atoms with E-state index in [0.717, 1.165) is 50.8 Å². The molecule has 0 radical (unpaired) electrons. The molecule has 0 N–H and O–H groups in total. The Balaban J connectivity index is 1.16. The summed E-state index contributed by atoms with van der Waals surface area (Å²) in [5.74, 6) is 0.676. The maximum atomic E-state index is 5.93. The van der Waals surface area contributed by atoms with Gasteiger partial charge in [-0.1, -0.05) is 234 Å². The minimum atomic E-state index is -0.152. The molecule has 0 fully saturated rings. The van der Waals surface area contributed by atoms with E-state index < -0.39 is 0 Å². The summed E-state index contributed by atoms with van der Waals surface area (Å²) in [5.41, 5.74) is 22.7. The van der Waals surface area contributed by atoms with E-state index in [1.54, 1.807) is 0 Å². The molecular weight excluding hydrogens is 1100 g/mol. The zero-order valence-electron chi connectivity index (χ0n) is 56.9. The van der Waals surface area contributed by atoms with Crippen molar-refractivity contribution in [1.82, 2.24) is 9.97 Å². The number of nitrogens with zero attached hydrogens (tertiary/aromatic N) is 4. The molecule has 0 saturated heterocycles. The fourth-order valence-electron chi connectivity index (χ4n) is 14.0. The first kappa shape index (κ1) is 59.8. The van der Waals surface area contributed by atoms with Crippen LogP contribution in [-0.4, -0.2) is 16.7 Å². The highest BCUT2D eigenvalue weighted by Gasteiger charge is 2.45. The second kappa shape index (κ2) is 20.9. The number of benzene rings is 11. The molecule has 0 unspecified atom stereocenters. The average molecular weight is 1190 g/mol. The molecule has 5 heteroatoms. The standard InChI is InChI=1S/C86H87BN4/c1-81(2,3)61-29-33-67(34-30-61)90-75-47-60(80-88-73(58-41-63(83(7,8)9)49-64(42-58)84(10,11)12)51-74(89-80)59-43-65(85(13,14)15)50-66(44-59)86(16,17)18)48-76-77(75)87(71-37-27-56-39-52-23-19-21-25-54(52)45-69(56)78(71)90)72-38-28-57-40-53-24-20-22-26-55(53)46-70(57)79(72)91(76)68-35-31-62(32-36-68)82(4,5)6/h19-51H,1-18H3. The summed E-state index contributed by atoms with van der Waals surface area (Å²) in [6, 6.07) is 77.4. The fourth-order valence-corrected chi connectivity index (χ4v) is 14.0. The van der Waals surface area contributed by atoms with Crippen LogP contribution < -0.4 is 26.2 Å². The van der Waals surface area contributed by atoms with Gasteiger partial charge in [0.1, 0.15) is 0 Å². The lowest BCUT2D eigenvalue weighted by Crippen LogP contribution is -2.61. The van der Waals surface area contributed by atoms with Crippen molar-refractivity contribution in [2.24, 2.45) is 0 Å². The maximum absolute atomic E-state index is 5.93. The van der Waals surface area contributed by atoms with Gasteiger partial charge in [-0.15, -0.1) is 0 Å². The van der Waals surface area contributed by atoms with E-state index in [0.29, 0.717) is 5.82 Å². The Morgan fingerprint density at radius 3 is 0.945 bits per heavy atom. The van der Waals surface area contributed by atoms with E-state index in [1.807, 2.05) is 0 Å². The minimum absolute atomic E-state index is 0.0465. The summed E-state index contributed by atoms with van der Waals surface area (Å²) in [7, 11) is 0. The van der Waals surface area contributed by atoms with E-state index in [9.17, 15) is 0 Å². The first-order valence-electron chi connectivity index (χ1n) is 33.0. The highest BCUT2D eigenvalue weighted by Crippen LogP contribution is 2.51. The van der Waals surface area contributed by atoms with Crippen molar-refractivity contribution >= 4 is 100 Å². The predicted molar refractivity (Wildman–Crippen MR) is 395 cm³/mol. The van der Waals surface area contributed by atoms with Gasteiger partial charge in [-0.25, -0.2) is 9.97 Å². The number of fused-ring (bicyclic) bond motifs is 10. The fraction of sp³-hybridized carbons (Fsp3) is 0.279. The Bertz CT molecular complexity index is 4560. The Labute approximate surface area is 541 Å². The number of aromatic nitrogens is 2. The highest BCUT2D eigenvalue weighted by atomic mass is 15.2. The van der Waals surface area contributed by atoms with E-state index in [4.69, 9.17) is 9.97 Å². The van der Waals surface area contributed by atoms with Gasteiger partial charge >= 0.3 is 0 Å². The third-order valence-electron chi connectivity index (χ3n) is 19.6. The van der Waals surface area contributed by atoms with Crippen LogP contribution in [0.2, 0.25) is 0 Å². The Morgan fingerprint density at radius 1 is 0.286 bits per heavy atom. The van der Waals surface area contributed by atoms with Gasteiger partial charge in [-0.3, -0.25) is 0 Å². The van der Waals surface area contributed by atoms with Gasteiger partial charge in [0.05, 0.1) is 11.4 Å². The van der Waals surface area contributed by atoms with Crippen LogP contribution in [0.15, 0.2) is 200 Å². The Hall–Kier alpha value is -8.80. The summed E-state index contributed by atoms with van der Waals surface area (Å²) in [5, 5.41) is 9.71. The first-order valence-corrected chi connectivity index (χ1v) is 33.0. The lowest BCUT2D eigenvalue weighted by Gasteiger charge is -2.45. The molecule has 4 nitrogen and oxygen atoms in total.